The average Bonchev–Trinajstić information content (AvgIpc) is 2.94. The minimum absolute atomic E-state index is 0.00668. The van der Waals surface area contributed by atoms with Gasteiger partial charge in [-0.15, -0.1) is 0 Å². The maximum absolute atomic E-state index is 15.3. The van der Waals surface area contributed by atoms with Gasteiger partial charge in [0.15, 0.2) is 0 Å². The molecule has 0 radical (unpaired) electrons. The number of aliphatic carboxylic acids is 1. The fourth-order valence-electron chi connectivity index (χ4n) is 6.80. The Hall–Kier alpha value is -3.45. The fourth-order valence-corrected chi connectivity index (χ4v) is 6.80. The number of hydrogen-bond acceptors (Lipinski definition) is 5. The Morgan fingerprint density at radius 1 is 1.12 bits per heavy atom. The normalized spacial score (nSPS) is 20.3. The van der Waals surface area contributed by atoms with Crippen LogP contribution in [0.25, 0.3) is 11.1 Å². The molecule has 1 unspecified atom stereocenters. The maximum Gasteiger partial charge on any atom is 0.306 e. The van der Waals surface area contributed by atoms with Gasteiger partial charge in [0.2, 0.25) is 5.88 Å². The quantitative estimate of drug-likeness (QED) is 0.296. The first-order chi connectivity index (χ1) is 19.9. The number of benzene rings is 2. The minimum Gasteiger partial charge on any atom is -0.485 e. The van der Waals surface area contributed by atoms with E-state index in [-0.39, 0.29) is 23.0 Å². The van der Waals surface area contributed by atoms with Crippen molar-refractivity contribution >= 4 is 5.97 Å². The van der Waals surface area contributed by atoms with Gasteiger partial charge < -0.3 is 14.6 Å². The predicted molar refractivity (Wildman–Crippen MR) is 162 cm³/mol. The van der Waals surface area contributed by atoms with Crippen LogP contribution >= 0.6 is 0 Å². The Labute approximate surface area is 248 Å². The third-order valence-electron chi connectivity index (χ3n) is 9.24. The van der Waals surface area contributed by atoms with Crippen molar-refractivity contribution in [2.45, 2.75) is 96.9 Å². The van der Waals surface area contributed by atoms with Crippen LogP contribution in [0.1, 0.15) is 88.7 Å². The lowest BCUT2D eigenvalue weighted by Gasteiger charge is -2.53. The van der Waals surface area contributed by atoms with E-state index in [9.17, 15) is 9.90 Å². The van der Waals surface area contributed by atoms with Crippen molar-refractivity contribution in [1.82, 2.24) is 9.88 Å². The molecule has 42 heavy (non-hydrogen) atoms. The zero-order chi connectivity index (χ0) is 30.2. The molecule has 0 amide bonds. The SMILES string of the molecule is COc1cc(-c2ccc([C@@H]3CCc4ccc(CC(C)C(=O)O)cc4O3)cc2CN2C(C)(C)CCCC2(C)C)c(F)cn1. The molecule has 2 aromatic carbocycles. The third-order valence-corrected chi connectivity index (χ3v) is 9.24. The van der Waals surface area contributed by atoms with Gasteiger partial charge in [0.1, 0.15) is 17.7 Å². The first-order valence-electron chi connectivity index (χ1n) is 15.0. The van der Waals surface area contributed by atoms with E-state index in [4.69, 9.17) is 9.47 Å². The number of halogens is 1. The Morgan fingerprint density at radius 2 is 1.86 bits per heavy atom. The molecule has 3 aromatic rings. The van der Waals surface area contributed by atoms with Crippen molar-refractivity contribution in [2.24, 2.45) is 5.92 Å². The Bertz CT molecular complexity index is 1450. The van der Waals surface area contributed by atoms with E-state index in [0.717, 1.165) is 59.3 Å². The number of hydrogen-bond donors (Lipinski definition) is 1. The largest absolute Gasteiger partial charge is 0.485 e. The monoisotopic (exact) mass is 574 g/mol. The number of carbonyl (C=O) groups is 1. The zero-order valence-electron chi connectivity index (χ0n) is 25.7. The highest BCUT2D eigenvalue weighted by Gasteiger charge is 2.41. The second-order valence-electron chi connectivity index (χ2n) is 13.2. The van der Waals surface area contributed by atoms with Crippen molar-refractivity contribution in [3.05, 3.63) is 76.7 Å². The molecule has 1 saturated heterocycles. The molecule has 1 fully saturated rings. The highest BCUT2D eigenvalue weighted by molar-refractivity contribution is 5.70. The molecule has 7 heteroatoms. The summed E-state index contributed by atoms with van der Waals surface area (Å²) in [5, 5.41) is 9.36. The molecule has 5 rings (SSSR count). The van der Waals surface area contributed by atoms with Gasteiger partial charge in [-0.25, -0.2) is 9.37 Å². The minimum atomic E-state index is -0.803. The highest BCUT2D eigenvalue weighted by atomic mass is 19.1. The predicted octanol–water partition coefficient (Wildman–Crippen LogP) is 7.77. The molecular weight excluding hydrogens is 531 g/mol. The average molecular weight is 575 g/mol. The van der Waals surface area contributed by atoms with Crippen LogP contribution in [-0.4, -0.2) is 39.1 Å². The van der Waals surface area contributed by atoms with Crippen LogP contribution in [0.2, 0.25) is 0 Å². The van der Waals surface area contributed by atoms with Gasteiger partial charge in [0.05, 0.1) is 19.2 Å². The van der Waals surface area contributed by atoms with Crippen LogP contribution in [0, 0.1) is 11.7 Å². The number of rotatable bonds is 8. The molecular formula is C35H43FN2O4. The van der Waals surface area contributed by atoms with E-state index in [2.05, 4.69) is 49.7 Å². The summed E-state index contributed by atoms with van der Waals surface area (Å²) in [5.41, 5.74) is 5.48. The van der Waals surface area contributed by atoms with Gasteiger partial charge in [-0.2, -0.15) is 0 Å². The topological polar surface area (TPSA) is 71.9 Å². The number of fused-ring (bicyclic) bond motifs is 1. The number of piperidine rings is 1. The van der Waals surface area contributed by atoms with E-state index in [1.165, 1.54) is 12.6 Å². The summed E-state index contributed by atoms with van der Waals surface area (Å²) in [5.74, 6) is -0.459. The third kappa shape index (κ3) is 6.17. The number of likely N-dealkylation sites (tertiary alicyclic amines) is 1. The van der Waals surface area contributed by atoms with Crippen LogP contribution in [0.5, 0.6) is 11.6 Å². The van der Waals surface area contributed by atoms with Gasteiger partial charge in [0, 0.05) is 29.3 Å². The molecule has 6 nitrogen and oxygen atoms in total. The molecule has 0 aliphatic carbocycles. The lowest BCUT2D eigenvalue weighted by atomic mass is 9.79. The molecule has 2 aliphatic heterocycles. The Balaban J connectivity index is 1.52. The Morgan fingerprint density at radius 3 is 2.55 bits per heavy atom. The molecule has 1 N–H and O–H groups in total. The van der Waals surface area contributed by atoms with Crippen LogP contribution < -0.4 is 9.47 Å². The Kier molecular flexibility index (Phi) is 8.35. The summed E-state index contributed by atoms with van der Waals surface area (Å²) >= 11 is 0. The van der Waals surface area contributed by atoms with E-state index in [1.54, 1.807) is 20.1 Å². The van der Waals surface area contributed by atoms with E-state index in [0.29, 0.717) is 24.4 Å². The van der Waals surface area contributed by atoms with Gasteiger partial charge >= 0.3 is 5.97 Å². The summed E-state index contributed by atoms with van der Waals surface area (Å²) in [6.07, 6.45) is 6.62. The number of aromatic nitrogens is 1. The molecule has 3 heterocycles. The number of pyridine rings is 1. The summed E-state index contributed by atoms with van der Waals surface area (Å²) in [6, 6.07) is 14.0. The summed E-state index contributed by atoms with van der Waals surface area (Å²) < 4.78 is 27.2. The zero-order valence-corrected chi connectivity index (χ0v) is 25.7. The van der Waals surface area contributed by atoms with Gasteiger partial charge in [-0.3, -0.25) is 9.69 Å². The molecule has 1 aromatic heterocycles. The number of nitrogens with zero attached hydrogens (tertiary/aromatic N) is 2. The maximum atomic E-state index is 15.3. The molecule has 0 spiro atoms. The van der Waals surface area contributed by atoms with Crippen LogP contribution in [-0.2, 0) is 24.2 Å². The van der Waals surface area contributed by atoms with Crippen molar-refractivity contribution in [2.75, 3.05) is 7.11 Å². The smallest absolute Gasteiger partial charge is 0.306 e. The molecule has 2 atom stereocenters. The van der Waals surface area contributed by atoms with Crippen molar-refractivity contribution in [3.63, 3.8) is 0 Å². The standard InChI is InChI=1S/C35H43FN2O4/c1-22(33(39)40)16-23-8-9-24-11-13-30(42-31(24)17-23)25-10-12-27(28-19-32(41-6)37-20-29(28)36)26(18-25)21-38-34(2,3)14-7-15-35(38,4)5/h8-10,12,17-20,22,30H,7,11,13-16,21H2,1-6H3,(H,39,40)/t22?,30-/m0/s1. The number of carboxylic acids is 1. The number of ether oxygens (including phenoxy) is 2. The van der Waals surface area contributed by atoms with Gasteiger partial charge in [0.25, 0.3) is 0 Å². The van der Waals surface area contributed by atoms with Gasteiger partial charge in [-0.05, 0) is 100 Å². The van der Waals surface area contributed by atoms with Crippen molar-refractivity contribution in [1.29, 1.82) is 0 Å². The molecule has 0 bridgehead atoms. The second-order valence-corrected chi connectivity index (χ2v) is 13.2. The van der Waals surface area contributed by atoms with E-state index >= 15 is 4.39 Å². The van der Waals surface area contributed by atoms with Crippen LogP contribution in [0.3, 0.4) is 0 Å². The van der Waals surface area contributed by atoms with Crippen molar-refractivity contribution in [3.8, 4) is 22.8 Å². The number of aryl methyl sites for hydroxylation is 1. The van der Waals surface area contributed by atoms with Gasteiger partial charge in [-0.1, -0.05) is 37.3 Å². The van der Waals surface area contributed by atoms with E-state index in [1.807, 2.05) is 24.3 Å². The number of methoxy groups -OCH3 is 1. The number of carboxylic acid groups (broad SMARTS) is 1. The summed E-state index contributed by atoms with van der Waals surface area (Å²) in [7, 11) is 1.54. The van der Waals surface area contributed by atoms with Crippen molar-refractivity contribution < 1.29 is 23.8 Å². The lowest BCUT2D eigenvalue weighted by Crippen LogP contribution is -2.57. The highest BCUT2D eigenvalue weighted by Crippen LogP contribution is 2.42. The second kappa shape index (κ2) is 11.7. The van der Waals surface area contributed by atoms with Crippen LogP contribution in [0.4, 0.5) is 4.39 Å². The fraction of sp³-hybridized carbons (Fsp3) is 0.486. The van der Waals surface area contributed by atoms with E-state index < -0.39 is 11.9 Å². The summed E-state index contributed by atoms with van der Waals surface area (Å²) in [6.45, 7) is 11.6. The molecule has 2 aliphatic rings. The molecule has 224 valence electrons. The lowest BCUT2D eigenvalue weighted by molar-refractivity contribution is -0.141. The molecule has 0 saturated carbocycles. The first kappa shape index (κ1) is 30.0. The summed E-state index contributed by atoms with van der Waals surface area (Å²) in [4.78, 5) is 18.0. The van der Waals surface area contributed by atoms with Crippen LogP contribution in [0.15, 0.2) is 48.7 Å². The first-order valence-corrected chi connectivity index (χ1v) is 15.0.